The van der Waals surface area contributed by atoms with Crippen LogP contribution in [0.2, 0.25) is 0 Å². The number of carbonyl (C=O) groups is 1. The largest absolute Gasteiger partial charge is 0.477 e. The molecule has 0 radical (unpaired) electrons. The van der Waals surface area contributed by atoms with Crippen molar-refractivity contribution in [2.24, 2.45) is 0 Å². The fourth-order valence-corrected chi connectivity index (χ4v) is 2.27. The monoisotopic (exact) mass is 301 g/mol. The Kier molecular flexibility index (Phi) is 3.21. The molecular formula is C16H9F2NO3. The van der Waals surface area contributed by atoms with E-state index in [-0.39, 0.29) is 10.9 Å². The number of carboxylic acids is 1. The van der Waals surface area contributed by atoms with Gasteiger partial charge in [0.2, 0.25) is 5.43 Å². The van der Waals surface area contributed by atoms with Crippen LogP contribution in [-0.2, 0) is 0 Å². The van der Waals surface area contributed by atoms with Crippen LogP contribution in [0.3, 0.4) is 0 Å². The van der Waals surface area contributed by atoms with E-state index < -0.39 is 28.6 Å². The Balaban J connectivity index is 2.43. The molecule has 22 heavy (non-hydrogen) atoms. The van der Waals surface area contributed by atoms with Gasteiger partial charge in [-0.3, -0.25) is 4.79 Å². The van der Waals surface area contributed by atoms with Gasteiger partial charge in [-0.15, -0.1) is 0 Å². The van der Waals surface area contributed by atoms with E-state index in [1.165, 1.54) is 34.9 Å². The quantitative estimate of drug-likeness (QED) is 0.791. The lowest BCUT2D eigenvalue weighted by molar-refractivity contribution is 0.0695. The Bertz CT molecular complexity index is 946. The molecule has 0 spiro atoms. The third kappa shape index (κ3) is 2.24. The molecule has 0 aliphatic carbocycles. The zero-order valence-electron chi connectivity index (χ0n) is 11.1. The summed E-state index contributed by atoms with van der Waals surface area (Å²) in [7, 11) is 0. The molecule has 0 aliphatic rings. The molecule has 1 heterocycles. The minimum Gasteiger partial charge on any atom is -0.477 e. The molecule has 1 aromatic heterocycles. The second-order valence-corrected chi connectivity index (χ2v) is 4.68. The summed E-state index contributed by atoms with van der Waals surface area (Å²) in [4.78, 5) is 23.4. The van der Waals surface area contributed by atoms with Crippen molar-refractivity contribution in [3.8, 4) is 5.69 Å². The van der Waals surface area contributed by atoms with E-state index in [2.05, 4.69) is 0 Å². The van der Waals surface area contributed by atoms with Gasteiger partial charge in [-0.1, -0.05) is 0 Å². The minimum atomic E-state index is -1.38. The van der Waals surface area contributed by atoms with Crippen LogP contribution in [0.15, 0.2) is 53.5 Å². The molecule has 3 aromatic rings. The van der Waals surface area contributed by atoms with Gasteiger partial charge in [0.1, 0.15) is 17.2 Å². The van der Waals surface area contributed by atoms with Crippen molar-refractivity contribution in [3.63, 3.8) is 0 Å². The normalized spacial score (nSPS) is 10.8. The highest BCUT2D eigenvalue weighted by molar-refractivity contribution is 5.93. The Morgan fingerprint density at radius 3 is 2.27 bits per heavy atom. The third-order valence-electron chi connectivity index (χ3n) is 3.30. The summed E-state index contributed by atoms with van der Waals surface area (Å²) < 4.78 is 27.9. The first-order valence-electron chi connectivity index (χ1n) is 6.31. The molecule has 110 valence electrons. The standard InChI is InChI=1S/C16H9F2NO3/c17-9-1-4-11(5-2-9)19-8-13(16(21)22)15(20)12-6-3-10(18)7-14(12)19/h1-8H,(H,21,22). The van der Waals surface area contributed by atoms with Crippen LogP contribution in [0.1, 0.15) is 10.4 Å². The van der Waals surface area contributed by atoms with Crippen LogP contribution in [0.5, 0.6) is 0 Å². The van der Waals surface area contributed by atoms with E-state index in [0.717, 1.165) is 18.3 Å². The topological polar surface area (TPSA) is 59.3 Å². The van der Waals surface area contributed by atoms with E-state index >= 15 is 0 Å². The van der Waals surface area contributed by atoms with Crippen molar-refractivity contribution < 1.29 is 18.7 Å². The van der Waals surface area contributed by atoms with E-state index in [9.17, 15) is 18.4 Å². The predicted octanol–water partition coefficient (Wildman–Crippen LogP) is 2.97. The number of aromatic carboxylic acids is 1. The Hall–Kier alpha value is -3.02. The predicted molar refractivity (Wildman–Crippen MR) is 76.4 cm³/mol. The second-order valence-electron chi connectivity index (χ2n) is 4.68. The van der Waals surface area contributed by atoms with Crippen LogP contribution in [0.25, 0.3) is 16.6 Å². The van der Waals surface area contributed by atoms with Gasteiger partial charge in [0.25, 0.3) is 0 Å². The van der Waals surface area contributed by atoms with E-state index in [1.54, 1.807) is 0 Å². The lowest BCUT2D eigenvalue weighted by atomic mass is 10.1. The van der Waals surface area contributed by atoms with Crippen LogP contribution < -0.4 is 5.43 Å². The number of pyridine rings is 1. The molecule has 1 N–H and O–H groups in total. The van der Waals surface area contributed by atoms with Crippen molar-refractivity contribution >= 4 is 16.9 Å². The highest BCUT2D eigenvalue weighted by Crippen LogP contribution is 2.19. The summed E-state index contributed by atoms with van der Waals surface area (Å²) in [5.74, 6) is -2.41. The van der Waals surface area contributed by atoms with E-state index in [0.29, 0.717) is 5.69 Å². The zero-order chi connectivity index (χ0) is 15.9. The minimum absolute atomic E-state index is 0.0747. The first-order chi connectivity index (χ1) is 10.5. The maximum atomic E-state index is 13.5. The van der Waals surface area contributed by atoms with Gasteiger partial charge in [-0.25, -0.2) is 13.6 Å². The van der Waals surface area contributed by atoms with Gasteiger partial charge in [-0.2, -0.15) is 0 Å². The molecule has 0 aliphatic heterocycles. The molecule has 0 amide bonds. The summed E-state index contributed by atoms with van der Waals surface area (Å²) in [6.45, 7) is 0. The van der Waals surface area contributed by atoms with Gasteiger partial charge in [0.15, 0.2) is 0 Å². The van der Waals surface area contributed by atoms with Gasteiger partial charge < -0.3 is 9.67 Å². The lowest BCUT2D eigenvalue weighted by Crippen LogP contribution is -2.18. The average Bonchev–Trinajstić information content (AvgIpc) is 2.48. The first kappa shape index (κ1) is 13.9. The van der Waals surface area contributed by atoms with Crippen molar-refractivity contribution in [3.05, 3.63) is 76.1 Å². The van der Waals surface area contributed by atoms with Crippen molar-refractivity contribution in [1.29, 1.82) is 0 Å². The fraction of sp³-hybridized carbons (Fsp3) is 0. The Morgan fingerprint density at radius 1 is 1.00 bits per heavy atom. The summed E-state index contributed by atoms with van der Waals surface area (Å²) in [6, 6.07) is 8.67. The number of carboxylic acid groups (broad SMARTS) is 1. The number of aromatic nitrogens is 1. The highest BCUT2D eigenvalue weighted by Gasteiger charge is 2.15. The number of hydrogen-bond donors (Lipinski definition) is 1. The number of nitrogens with zero attached hydrogens (tertiary/aromatic N) is 1. The SMILES string of the molecule is O=C(O)c1cn(-c2ccc(F)cc2)c2cc(F)ccc2c1=O. The molecule has 0 unspecified atom stereocenters. The first-order valence-corrected chi connectivity index (χ1v) is 6.31. The van der Waals surface area contributed by atoms with Gasteiger partial charge in [0.05, 0.1) is 5.52 Å². The zero-order valence-corrected chi connectivity index (χ0v) is 11.1. The highest BCUT2D eigenvalue weighted by atomic mass is 19.1. The maximum Gasteiger partial charge on any atom is 0.341 e. The third-order valence-corrected chi connectivity index (χ3v) is 3.30. The molecule has 4 nitrogen and oxygen atoms in total. The van der Waals surface area contributed by atoms with E-state index in [4.69, 9.17) is 5.11 Å². The molecule has 6 heteroatoms. The van der Waals surface area contributed by atoms with Crippen LogP contribution >= 0.6 is 0 Å². The smallest absolute Gasteiger partial charge is 0.341 e. The molecule has 0 saturated carbocycles. The van der Waals surface area contributed by atoms with Crippen molar-refractivity contribution in [2.75, 3.05) is 0 Å². The van der Waals surface area contributed by atoms with Gasteiger partial charge in [-0.05, 0) is 42.5 Å². The number of hydrogen-bond acceptors (Lipinski definition) is 2. The fourth-order valence-electron chi connectivity index (χ4n) is 2.27. The maximum absolute atomic E-state index is 13.5. The van der Waals surface area contributed by atoms with Crippen LogP contribution in [0, 0.1) is 11.6 Å². The molecule has 0 atom stereocenters. The van der Waals surface area contributed by atoms with Gasteiger partial charge >= 0.3 is 5.97 Å². The second kappa shape index (κ2) is 5.07. The number of rotatable bonds is 2. The van der Waals surface area contributed by atoms with Crippen molar-refractivity contribution in [2.45, 2.75) is 0 Å². The summed E-state index contributed by atoms with van der Waals surface area (Å²) in [5.41, 5.74) is -0.509. The summed E-state index contributed by atoms with van der Waals surface area (Å²) in [6.07, 6.45) is 1.11. The molecular weight excluding hydrogens is 292 g/mol. The molecule has 0 fully saturated rings. The number of fused-ring (bicyclic) bond motifs is 1. The molecule has 2 aromatic carbocycles. The molecule has 0 bridgehead atoms. The average molecular weight is 301 g/mol. The summed E-state index contributed by atoms with van der Waals surface area (Å²) in [5, 5.41) is 9.22. The number of halogens is 2. The Labute approximate surface area is 122 Å². The van der Waals surface area contributed by atoms with E-state index in [1.807, 2.05) is 0 Å². The van der Waals surface area contributed by atoms with Crippen molar-refractivity contribution in [1.82, 2.24) is 4.57 Å². The Morgan fingerprint density at radius 2 is 1.64 bits per heavy atom. The lowest BCUT2D eigenvalue weighted by Gasteiger charge is -2.12. The molecule has 0 saturated heterocycles. The van der Waals surface area contributed by atoms with Crippen LogP contribution in [-0.4, -0.2) is 15.6 Å². The number of benzene rings is 2. The van der Waals surface area contributed by atoms with Crippen LogP contribution in [0.4, 0.5) is 8.78 Å². The summed E-state index contributed by atoms with van der Waals surface area (Å²) >= 11 is 0. The van der Waals surface area contributed by atoms with Gasteiger partial charge in [0, 0.05) is 17.3 Å². The molecule has 3 rings (SSSR count).